The average molecular weight is 296 g/mol. The van der Waals surface area contributed by atoms with Crippen molar-refractivity contribution in [3.05, 3.63) is 0 Å². The van der Waals surface area contributed by atoms with Gasteiger partial charge in [0, 0.05) is 13.1 Å². The molecule has 4 heteroatoms. The molecule has 0 aliphatic heterocycles. The monoisotopic (exact) mass is 296 g/mol. The zero-order valence-corrected chi connectivity index (χ0v) is 14.1. The van der Waals surface area contributed by atoms with Crippen LogP contribution in [0.1, 0.15) is 59.3 Å². The Morgan fingerprint density at radius 1 is 1.25 bits per heavy atom. The van der Waals surface area contributed by atoms with Gasteiger partial charge in [-0.1, -0.05) is 33.0 Å². The van der Waals surface area contributed by atoms with Gasteiger partial charge in [-0.2, -0.15) is 0 Å². The molecule has 3 nitrogen and oxygen atoms in total. The smallest absolute Gasteiger partial charge is 0.235 e. The molecule has 0 aromatic carbocycles. The van der Waals surface area contributed by atoms with Gasteiger partial charge in [-0.25, -0.2) is 0 Å². The predicted molar refractivity (Wildman–Crippen MR) is 86.4 cm³/mol. The van der Waals surface area contributed by atoms with Crippen LogP contribution < -0.4 is 5.73 Å². The van der Waals surface area contributed by atoms with Gasteiger partial charge in [0.2, 0.25) is 5.91 Å². The van der Waals surface area contributed by atoms with Crippen molar-refractivity contribution in [1.82, 2.24) is 4.90 Å². The summed E-state index contributed by atoms with van der Waals surface area (Å²) in [4.78, 5) is 15.2. The lowest BCUT2D eigenvalue weighted by Crippen LogP contribution is -2.58. The minimum atomic E-state index is -0.545. The lowest BCUT2D eigenvalue weighted by molar-refractivity contribution is -0.146. The van der Waals surface area contributed by atoms with Gasteiger partial charge >= 0.3 is 0 Å². The van der Waals surface area contributed by atoms with Crippen LogP contribution in [0.2, 0.25) is 0 Å². The Morgan fingerprint density at radius 3 is 2.15 bits per heavy atom. The highest BCUT2D eigenvalue weighted by molar-refractivity contribution is 7.80. The second-order valence-electron chi connectivity index (χ2n) is 7.77. The molecule has 20 heavy (non-hydrogen) atoms. The van der Waals surface area contributed by atoms with E-state index in [4.69, 9.17) is 18.0 Å². The van der Waals surface area contributed by atoms with Gasteiger partial charge in [0.1, 0.15) is 0 Å². The summed E-state index contributed by atoms with van der Waals surface area (Å²) in [7, 11) is 1.94. The van der Waals surface area contributed by atoms with Crippen molar-refractivity contribution >= 4 is 23.1 Å². The Kier molecular flexibility index (Phi) is 4.16. The first-order chi connectivity index (χ1) is 9.18. The van der Waals surface area contributed by atoms with Gasteiger partial charge in [-0.15, -0.1) is 0 Å². The molecular weight excluding hydrogens is 268 g/mol. The second kappa shape index (κ2) is 5.28. The van der Waals surface area contributed by atoms with E-state index in [9.17, 15) is 4.79 Å². The van der Waals surface area contributed by atoms with Gasteiger partial charge < -0.3 is 10.6 Å². The van der Waals surface area contributed by atoms with Crippen LogP contribution in [-0.4, -0.2) is 28.9 Å². The highest BCUT2D eigenvalue weighted by Crippen LogP contribution is 2.48. The third-order valence-electron chi connectivity index (χ3n) is 5.45. The van der Waals surface area contributed by atoms with Gasteiger partial charge in [0.25, 0.3) is 0 Å². The summed E-state index contributed by atoms with van der Waals surface area (Å²) in [6.45, 7) is 6.79. The molecule has 0 atom stereocenters. The minimum Gasteiger partial charge on any atom is -0.392 e. The molecule has 114 valence electrons. The second-order valence-corrected chi connectivity index (χ2v) is 8.21. The first kappa shape index (κ1) is 15.7. The van der Waals surface area contributed by atoms with Gasteiger partial charge in [0.05, 0.1) is 10.4 Å². The molecule has 0 radical (unpaired) electrons. The van der Waals surface area contributed by atoms with Crippen LogP contribution in [0.25, 0.3) is 0 Å². The standard InChI is InChI=1S/C16H28N2OS/c1-11-9-16(10-11,13(17)20)14(19)18(4)12-5-7-15(2,3)8-6-12/h11-12H,5-10H2,1-4H3,(H2,17,20). The molecule has 0 aromatic heterocycles. The molecule has 2 rings (SSSR count). The molecule has 2 aliphatic rings. The number of nitrogens with two attached hydrogens (primary N) is 1. The summed E-state index contributed by atoms with van der Waals surface area (Å²) >= 11 is 5.20. The molecule has 0 spiro atoms. The number of hydrogen-bond donors (Lipinski definition) is 1. The SMILES string of the molecule is CC1CC(C(=O)N(C)C2CCC(C)(C)CC2)(C(N)=S)C1. The summed E-state index contributed by atoms with van der Waals surface area (Å²) in [5.74, 6) is 0.715. The molecule has 2 fully saturated rings. The first-order valence-electron chi connectivity index (χ1n) is 7.75. The van der Waals surface area contributed by atoms with Gasteiger partial charge in [0.15, 0.2) is 0 Å². The van der Waals surface area contributed by atoms with E-state index in [0.29, 0.717) is 22.4 Å². The van der Waals surface area contributed by atoms with E-state index in [1.165, 1.54) is 12.8 Å². The third-order valence-corrected chi connectivity index (χ3v) is 5.84. The average Bonchev–Trinajstić information content (AvgIpc) is 2.32. The van der Waals surface area contributed by atoms with E-state index >= 15 is 0 Å². The predicted octanol–water partition coefficient (Wildman–Crippen LogP) is 3.12. The molecule has 2 saturated carbocycles. The molecule has 2 aliphatic carbocycles. The molecule has 1 amide bonds. The molecule has 0 bridgehead atoms. The van der Waals surface area contributed by atoms with E-state index in [1.54, 1.807) is 0 Å². The Morgan fingerprint density at radius 2 is 1.75 bits per heavy atom. The topological polar surface area (TPSA) is 46.3 Å². The Balaban J connectivity index is 2.04. The van der Waals surface area contributed by atoms with Crippen LogP contribution in [0.3, 0.4) is 0 Å². The van der Waals surface area contributed by atoms with Gasteiger partial charge in [-0.05, 0) is 49.9 Å². The number of thiocarbonyl (C=S) groups is 1. The Hall–Kier alpha value is -0.640. The fraction of sp³-hybridized carbons (Fsp3) is 0.875. The maximum absolute atomic E-state index is 12.9. The van der Waals surface area contributed by atoms with Crippen LogP contribution in [0, 0.1) is 16.7 Å². The first-order valence-corrected chi connectivity index (χ1v) is 8.16. The van der Waals surface area contributed by atoms with Crippen molar-refractivity contribution < 1.29 is 4.79 Å². The molecule has 0 heterocycles. The summed E-state index contributed by atoms with van der Waals surface area (Å²) in [6.07, 6.45) is 6.21. The van der Waals surface area contributed by atoms with Crippen molar-refractivity contribution in [2.75, 3.05) is 7.05 Å². The van der Waals surface area contributed by atoms with Crippen molar-refractivity contribution in [3.63, 3.8) is 0 Å². The minimum absolute atomic E-state index is 0.160. The normalized spacial score (nSPS) is 33.3. The summed E-state index contributed by atoms with van der Waals surface area (Å²) < 4.78 is 0. The summed E-state index contributed by atoms with van der Waals surface area (Å²) in [5, 5.41) is 0. The highest BCUT2D eigenvalue weighted by atomic mass is 32.1. The van der Waals surface area contributed by atoms with Crippen molar-refractivity contribution in [3.8, 4) is 0 Å². The van der Waals surface area contributed by atoms with Gasteiger partial charge in [-0.3, -0.25) is 4.79 Å². The Bertz CT molecular complexity index is 403. The summed E-state index contributed by atoms with van der Waals surface area (Å²) in [6, 6.07) is 0.359. The molecule has 2 N–H and O–H groups in total. The number of hydrogen-bond acceptors (Lipinski definition) is 2. The Labute approximate surface area is 128 Å². The summed E-state index contributed by atoms with van der Waals surface area (Å²) in [5.41, 5.74) is 5.77. The van der Waals surface area contributed by atoms with Crippen molar-refractivity contribution in [2.24, 2.45) is 22.5 Å². The number of nitrogens with zero attached hydrogens (tertiary/aromatic N) is 1. The number of carbonyl (C=O) groups is 1. The maximum Gasteiger partial charge on any atom is 0.235 e. The van der Waals surface area contributed by atoms with Crippen LogP contribution in [0.5, 0.6) is 0 Å². The van der Waals surface area contributed by atoms with Crippen LogP contribution in [0.15, 0.2) is 0 Å². The van der Waals surface area contributed by atoms with Crippen molar-refractivity contribution in [1.29, 1.82) is 0 Å². The molecule has 0 unspecified atom stereocenters. The molecule has 0 aromatic rings. The van der Waals surface area contributed by atoms with Crippen LogP contribution in [0.4, 0.5) is 0 Å². The third kappa shape index (κ3) is 2.72. The quantitative estimate of drug-likeness (QED) is 0.814. The highest BCUT2D eigenvalue weighted by Gasteiger charge is 2.52. The fourth-order valence-corrected chi connectivity index (χ4v) is 4.14. The number of rotatable bonds is 3. The van der Waals surface area contributed by atoms with E-state index in [0.717, 1.165) is 25.7 Å². The van der Waals surface area contributed by atoms with E-state index < -0.39 is 5.41 Å². The number of amides is 1. The van der Waals surface area contributed by atoms with Crippen LogP contribution >= 0.6 is 12.2 Å². The van der Waals surface area contributed by atoms with Crippen molar-refractivity contribution in [2.45, 2.75) is 65.3 Å². The number of carbonyl (C=O) groups excluding carboxylic acids is 1. The van der Waals surface area contributed by atoms with E-state index in [-0.39, 0.29) is 5.91 Å². The molecule has 0 saturated heterocycles. The lowest BCUT2D eigenvalue weighted by Gasteiger charge is -2.48. The fourth-order valence-electron chi connectivity index (χ4n) is 3.89. The van der Waals surface area contributed by atoms with Crippen LogP contribution in [-0.2, 0) is 4.79 Å². The van der Waals surface area contributed by atoms with E-state index in [2.05, 4.69) is 20.8 Å². The molecular formula is C16H28N2OS. The zero-order chi connectivity index (χ0) is 15.1. The largest absolute Gasteiger partial charge is 0.392 e. The maximum atomic E-state index is 12.9. The van der Waals surface area contributed by atoms with E-state index in [1.807, 2.05) is 11.9 Å². The lowest BCUT2D eigenvalue weighted by atomic mass is 9.61. The zero-order valence-electron chi connectivity index (χ0n) is 13.2.